The molecule has 0 spiro atoms. The summed E-state index contributed by atoms with van der Waals surface area (Å²) in [4.78, 5) is 2.70. The van der Waals surface area contributed by atoms with E-state index in [1.807, 2.05) is 12.1 Å². The van der Waals surface area contributed by atoms with E-state index in [0.717, 1.165) is 5.56 Å². The second kappa shape index (κ2) is 5.21. The molecule has 1 unspecified atom stereocenters. The van der Waals surface area contributed by atoms with E-state index in [0.29, 0.717) is 4.47 Å². The average Bonchev–Trinajstić information content (AvgIpc) is 2.62. The molecule has 0 saturated heterocycles. The highest BCUT2D eigenvalue weighted by Crippen LogP contribution is 2.37. The summed E-state index contributed by atoms with van der Waals surface area (Å²) >= 11 is 8.65. The first kappa shape index (κ1) is 13.2. The summed E-state index contributed by atoms with van der Waals surface area (Å²) in [6.45, 7) is 4.22. The van der Waals surface area contributed by atoms with Crippen LogP contribution in [0.25, 0.3) is 0 Å². The van der Waals surface area contributed by atoms with Gasteiger partial charge in [0.2, 0.25) is 0 Å². The minimum Gasteiger partial charge on any atom is -0.206 e. The van der Waals surface area contributed by atoms with Crippen LogP contribution in [0.5, 0.6) is 0 Å². The van der Waals surface area contributed by atoms with Crippen molar-refractivity contribution in [3.05, 3.63) is 55.4 Å². The smallest absolute Gasteiger partial charge is 0.137 e. The summed E-state index contributed by atoms with van der Waals surface area (Å²) in [5.74, 6) is -0.230. The van der Waals surface area contributed by atoms with Crippen LogP contribution in [0.2, 0.25) is 0 Å². The van der Waals surface area contributed by atoms with Gasteiger partial charge in [-0.1, -0.05) is 22.0 Å². The summed E-state index contributed by atoms with van der Waals surface area (Å²) in [5.41, 5.74) is 2.36. The molecule has 1 aromatic heterocycles. The van der Waals surface area contributed by atoms with Crippen molar-refractivity contribution >= 4 is 43.2 Å². The molecule has 0 bridgehead atoms. The molecular formula is C13H11Br2FS. The summed E-state index contributed by atoms with van der Waals surface area (Å²) < 4.78 is 13.7. The van der Waals surface area contributed by atoms with Gasteiger partial charge in [-0.25, -0.2) is 4.39 Å². The molecule has 90 valence electrons. The number of alkyl halides is 1. The van der Waals surface area contributed by atoms with Crippen LogP contribution < -0.4 is 0 Å². The van der Waals surface area contributed by atoms with Crippen LogP contribution in [-0.2, 0) is 0 Å². The predicted molar refractivity (Wildman–Crippen MR) is 78.7 cm³/mol. The minimum absolute atomic E-state index is 0.122. The van der Waals surface area contributed by atoms with Crippen LogP contribution in [0, 0.1) is 19.7 Å². The molecule has 0 fully saturated rings. The van der Waals surface area contributed by atoms with Gasteiger partial charge in [-0.15, -0.1) is 11.3 Å². The SMILES string of the molecule is Cc1cc(C(Br)c2ccc(F)c(Br)c2)sc1C. The molecule has 0 amide bonds. The maximum Gasteiger partial charge on any atom is 0.137 e. The number of halogens is 3. The van der Waals surface area contributed by atoms with Crippen LogP contribution in [0.1, 0.15) is 25.7 Å². The van der Waals surface area contributed by atoms with Gasteiger partial charge in [0.1, 0.15) is 5.82 Å². The lowest BCUT2D eigenvalue weighted by Crippen LogP contribution is -1.90. The Morgan fingerprint density at radius 1 is 1.24 bits per heavy atom. The van der Waals surface area contributed by atoms with E-state index in [9.17, 15) is 4.39 Å². The van der Waals surface area contributed by atoms with Crippen molar-refractivity contribution in [1.82, 2.24) is 0 Å². The van der Waals surface area contributed by atoms with Gasteiger partial charge in [-0.05, 0) is 59.1 Å². The Bertz CT molecular complexity index is 529. The highest BCUT2D eigenvalue weighted by molar-refractivity contribution is 9.10. The molecule has 1 atom stereocenters. The Morgan fingerprint density at radius 2 is 1.94 bits per heavy atom. The Kier molecular flexibility index (Phi) is 4.06. The minimum atomic E-state index is -0.230. The topological polar surface area (TPSA) is 0 Å². The van der Waals surface area contributed by atoms with Gasteiger partial charge in [-0.3, -0.25) is 0 Å². The van der Waals surface area contributed by atoms with Crippen molar-refractivity contribution < 1.29 is 4.39 Å². The van der Waals surface area contributed by atoms with Crippen molar-refractivity contribution in [2.45, 2.75) is 18.7 Å². The van der Waals surface area contributed by atoms with E-state index in [2.05, 4.69) is 51.8 Å². The molecule has 4 heteroatoms. The zero-order valence-corrected chi connectivity index (χ0v) is 13.4. The highest BCUT2D eigenvalue weighted by atomic mass is 79.9. The van der Waals surface area contributed by atoms with Gasteiger partial charge < -0.3 is 0 Å². The maximum atomic E-state index is 13.2. The van der Waals surface area contributed by atoms with Crippen LogP contribution >= 0.6 is 43.2 Å². The van der Waals surface area contributed by atoms with Gasteiger partial charge in [0, 0.05) is 9.75 Å². The Morgan fingerprint density at radius 3 is 2.47 bits per heavy atom. The van der Waals surface area contributed by atoms with Gasteiger partial charge in [-0.2, -0.15) is 0 Å². The lowest BCUT2D eigenvalue weighted by Gasteiger charge is -2.08. The molecule has 0 nitrogen and oxygen atoms in total. The number of hydrogen-bond acceptors (Lipinski definition) is 1. The number of benzene rings is 1. The lowest BCUT2D eigenvalue weighted by atomic mass is 10.1. The molecule has 0 aliphatic heterocycles. The zero-order chi connectivity index (χ0) is 12.6. The van der Waals surface area contributed by atoms with Crippen molar-refractivity contribution in [3.8, 4) is 0 Å². The number of rotatable bonds is 2. The molecule has 0 aliphatic rings. The number of aryl methyl sites for hydroxylation is 2. The van der Waals surface area contributed by atoms with E-state index < -0.39 is 0 Å². The van der Waals surface area contributed by atoms with Crippen LogP contribution in [0.3, 0.4) is 0 Å². The monoisotopic (exact) mass is 376 g/mol. The summed E-state index contributed by atoms with van der Waals surface area (Å²) in [6.07, 6.45) is 0. The Labute approximate surface area is 121 Å². The van der Waals surface area contributed by atoms with Crippen molar-refractivity contribution in [2.24, 2.45) is 0 Å². The molecule has 2 aromatic rings. The maximum absolute atomic E-state index is 13.2. The second-order valence-electron chi connectivity index (χ2n) is 3.92. The molecule has 17 heavy (non-hydrogen) atoms. The quantitative estimate of drug-likeness (QED) is 0.584. The number of hydrogen-bond donors (Lipinski definition) is 0. The molecular weight excluding hydrogens is 367 g/mol. The van der Waals surface area contributed by atoms with Gasteiger partial charge in [0.15, 0.2) is 0 Å². The van der Waals surface area contributed by atoms with Crippen LogP contribution in [-0.4, -0.2) is 0 Å². The van der Waals surface area contributed by atoms with Gasteiger partial charge >= 0.3 is 0 Å². The first-order valence-electron chi connectivity index (χ1n) is 5.15. The summed E-state index contributed by atoms with van der Waals surface area (Å²) in [7, 11) is 0. The van der Waals surface area contributed by atoms with Crippen molar-refractivity contribution in [3.63, 3.8) is 0 Å². The third-order valence-electron chi connectivity index (χ3n) is 2.67. The van der Waals surface area contributed by atoms with E-state index >= 15 is 0 Å². The third-order valence-corrected chi connectivity index (χ3v) is 5.82. The normalized spacial score (nSPS) is 12.8. The number of thiophene rings is 1. The highest BCUT2D eigenvalue weighted by Gasteiger charge is 2.15. The van der Waals surface area contributed by atoms with Crippen LogP contribution in [0.15, 0.2) is 28.7 Å². The fourth-order valence-electron chi connectivity index (χ4n) is 1.56. The molecule has 0 N–H and O–H groups in total. The summed E-state index contributed by atoms with van der Waals surface area (Å²) in [5, 5.41) is 0. The average molecular weight is 378 g/mol. The molecule has 0 radical (unpaired) electrons. The largest absolute Gasteiger partial charge is 0.206 e. The fraction of sp³-hybridized carbons (Fsp3) is 0.231. The fourth-order valence-corrected chi connectivity index (χ4v) is 3.70. The first-order chi connectivity index (χ1) is 7.99. The van der Waals surface area contributed by atoms with Gasteiger partial charge in [0.25, 0.3) is 0 Å². The molecule has 0 saturated carbocycles. The molecule has 2 rings (SSSR count). The third kappa shape index (κ3) is 2.80. The Hall–Kier alpha value is -0.190. The second-order valence-corrected chi connectivity index (χ2v) is 6.98. The van der Waals surface area contributed by atoms with Gasteiger partial charge in [0.05, 0.1) is 9.30 Å². The predicted octanol–water partition coefficient (Wildman–Crippen LogP) is 5.75. The lowest BCUT2D eigenvalue weighted by molar-refractivity contribution is 0.620. The first-order valence-corrected chi connectivity index (χ1v) is 7.67. The molecule has 1 heterocycles. The van der Waals surface area contributed by atoms with E-state index in [1.54, 1.807) is 11.3 Å². The zero-order valence-electron chi connectivity index (χ0n) is 9.43. The molecule has 0 aliphatic carbocycles. The van der Waals surface area contributed by atoms with Crippen molar-refractivity contribution in [1.29, 1.82) is 0 Å². The van der Waals surface area contributed by atoms with E-state index in [4.69, 9.17) is 0 Å². The van der Waals surface area contributed by atoms with Crippen molar-refractivity contribution in [2.75, 3.05) is 0 Å². The summed E-state index contributed by atoms with van der Waals surface area (Å²) in [6, 6.07) is 7.29. The van der Waals surface area contributed by atoms with Crippen LogP contribution in [0.4, 0.5) is 4.39 Å². The standard InChI is InChI=1S/C13H11Br2FS/c1-7-5-12(17-8(7)2)13(15)9-3-4-11(16)10(14)6-9/h3-6,13H,1-2H3. The molecule has 1 aromatic carbocycles. The van der Waals surface area contributed by atoms with E-state index in [1.165, 1.54) is 21.4 Å². The Balaban J connectivity index is 2.36. The van der Waals surface area contributed by atoms with E-state index in [-0.39, 0.29) is 10.6 Å².